The number of rotatable bonds is 6. The summed E-state index contributed by atoms with van der Waals surface area (Å²) in [7, 11) is 0. The van der Waals surface area contributed by atoms with Crippen LogP contribution < -0.4 is 4.74 Å². The minimum atomic E-state index is -1.07. The molecule has 22 heavy (non-hydrogen) atoms. The molecule has 0 N–H and O–H groups in total. The van der Waals surface area contributed by atoms with Crippen molar-refractivity contribution in [3.63, 3.8) is 0 Å². The first-order valence-corrected chi connectivity index (χ1v) is 8.23. The van der Waals surface area contributed by atoms with Gasteiger partial charge in [0.25, 0.3) is 0 Å². The van der Waals surface area contributed by atoms with Crippen molar-refractivity contribution < 1.29 is 18.3 Å². The number of ether oxygens (including phenoxy) is 1. The van der Waals surface area contributed by atoms with Crippen molar-refractivity contribution in [3.8, 4) is 5.75 Å². The summed E-state index contributed by atoms with van der Waals surface area (Å²) in [5.74, 6) is -2.04. The van der Waals surface area contributed by atoms with Crippen molar-refractivity contribution in [3.05, 3.63) is 29.3 Å². The van der Waals surface area contributed by atoms with Gasteiger partial charge in [-0.05, 0) is 50.2 Å². The highest BCUT2D eigenvalue weighted by Gasteiger charge is 2.29. The van der Waals surface area contributed by atoms with Crippen molar-refractivity contribution in [1.82, 2.24) is 0 Å². The van der Waals surface area contributed by atoms with E-state index in [2.05, 4.69) is 6.92 Å². The van der Waals surface area contributed by atoms with Crippen LogP contribution in [0, 0.1) is 23.5 Å². The van der Waals surface area contributed by atoms with Crippen LogP contribution in [0.2, 0.25) is 0 Å². The molecule has 0 amide bonds. The molecule has 1 aliphatic carbocycles. The first-order valence-electron chi connectivity index (χ1n) is 8.23. The van der Waals surface area contributed by atoms with E-state index in [-0.39, 0.29) is 23.0 Å². The number of carbonyl (C=O) groups excluding carboxylic acids is 1. The highest BCUT2D eigenvalue weighted by molar-refractivity contribution is 5.98. The first-order chi connectivity index (χ1) is 10.6. The number of halogens is 2. The van der Waals surface area contributed by atoms with Crippen molar-refractivity contribution in [2.75, 3.05) is 6.61 Å². The van der Waals surface area contributed by atoms with Gasteiger partial charge in [-0.25, -0.2) is 4.39 Å². The normalized spacial score (nSPS) is 21.6. The summed E-state index contributed by atoms with van der Waals surface area (Å²) in [4.78, 5) is 12.4. The molecule has 2 nitrogen and oxygen atoms in total. The summed E-state index contributed by atoms with van der Waals surface area (Å²) in [6.45, 7) is 4.36. The number of hydrogen-bond acceptors (Lipinski definition) is 2. The molecule has 0 aromatic heterocycles. The van der Waals surface area contributed by atoms with Gasteiger partial charge in [-0.1, -0.05) is 20.3 Å². The van der Waals surface area contributed by atoms with E-state index >= 15 is 0 Å². The van der Waals surface area contributed by atoms with Crippen molar-refractivity contribution in [1.29, 1.82) is 0 Å². The van der Waals surface area contributed by atoms with E-state index in [1.807, 2.05) is 6.92 Å². The third-order valence-corrected chi connectivity index (χ3v) is 4.57. The van der Waals surface area contributed by atoms with E-state index < -0.39 is 11.6 Å². The lowest BCUT2D eigenvalue weighted by Crippen LogP contribution is -2.23. The monoisotopic (exact) mass is 310 g/mol. The second-order valence-electron chi connectivity index (χ2n) is 6.08. The quantitative estimate of drug-likeness (QED) is 0.679. The maximum absolute atomic E-state index is 14.2. The topological polar surface area (TPSA) is 26.3 Å². The molecule has 4 heteroatoms. The summed E-state index contributed by atoms with van der Waals surface area (Å²) in [6, 6.07) is 2.72. The third kappa shape index (κ3) is 3.65. The molecule has 0 bridgehead atoms. The highest BCUT2D eigenvalue weighted by atomic mass is 19.2. The van der Waals surface area contributed by atoms with Gasteiger partial charge in [0.2, 0.25) is 5.82 Å². The van der Waals surface area contributed by atoms with Crippen LogP contribution in [-0.4, -0.2) is 12.4 Å². The van der Waals surface area contributed by atoms with Crippen LogP contribution >= 0.6 is 0 Å². The van der Waals surface area contributed by atoms with Crippen LogP contribution in [0.1, 0.15) is 62.7 Å². The van der Waals surface area contributed by atoms with E-state index in [1.165, 1.54) is 12.1 Å². The van der Waals surface area contributed by atoms with Gasteiger partial charge < -0.3 is 4.74 Å². The predicted octanol–water partition coefficient (Wildman–Crippen LogP) is 5.15. The Labute approximate surface area is 130 Å². The fraction of sp³-hybridized carbons (Fsp3) is 0.611. The molecular formula is C18H24F2O2. The Hall–Kier alpha value is -1.45. The van der Waals surface area contributed by atoms with E-state index in [1.54, 1.807) is 0 Å². The smallest absolute Gasteiger partial charge is 0.201 e. The Kier molecular flexibility index (Phi) is 5.92. The standard InChI is InChI=1S/C18H24F2O2/c1-3-11-22-15-10-9-14(16(19)17(15)20)18(21)13-7-5-12(4-2)6-8-13/h9-10,12-13H,3-8,11H2,1-2H3. The molecule has 1 saturated carbocycles. The average molecular weight is 310 g/mol. The predicted molar refractivity (Wildman–Crippen MR) is 82.2 cm³/mol. The molecule has 1 aromatic rings. The largest absolute Gasteiger partial charge is 0.490 e. The van der Waals surface area contributed by atoms with E-state index in [9.17, 15) is 13.6 Å². The first kappa shape index (κ1) is 16.9. The van der Waals surface area contributed by atoms with Gasteiger partial charge in [-0.15, -0.1) is 0 Å². The zero-order valence-corrected chi connectivity index (χ0v) is 13.3. The van der Waals surface area contributed by atoms with Gasteiger partial charge >= 0.3 is 0 Å². The summed E-state index contributed by atoms with van der Waals surface area (Å²) < 4.78 is 33.3. The highest BCUT2D eigenvalue weighted by Crippen LogP contribution is 2.34. The van der Waals surface area contributed by atoms with Gasteiger partial charge in [0.15, 0.2) is 17.3 Å². The molecule has 0 radical (unpaired) electrons. The van der Waals surface area contributed by atoms with Gasteiger partial charge in [-0.2, -0.15) is 4.39 Å². The summed E-state index contributed by atoms with van der Waals surface area (Å²) >= 11 is 0. The SMILES string of the molecule is CCCOc1ccc(C(=O)C2CCC(CC)CC2)c(F)c1F. The molecule has 0 spiro atoms. The molecule has 0 aliphatic heterocycles. The van der Waals surface area contributed by atoms with E-state index in [0.717, 1.165) is 32.1 Å². The summed E-state index contributed by atoms with van der Waals surface area (Å²) in [5.41, 5.74) is -0.138. The zero-order chi connectivity index (χ0) is 16.1. The second-order valence-corrected chi connectivity index (χ2v) is 6.08. The lowest BCUT2D eigenvalue weighted by atomic mass is 9.77. The Morgan fingerprint density at radius 3 is 2.41 bits per heavy atom. The third-order valence-electron chi connectivity index (χ3n) is 4.57. The van der Waals surface area contributed by atoms with Crippen LogP contribution in [0.4, 0.5) is 8.78 Å². The lowest BCUT2D eigenvalue weighted by Gasteiger charge is -2.27. The molecule has 122 valence electrons. The maximum Gasteiger partial charge on any atom is 0.201 e. The Bertz CT molecular complexity index is 520. The second kappa shape index (κ2) is 7.70. The van der Waals surface area contributed by atoms with Crippen molar-refractivity contribution in [2.45, 2.75) is 52.4 Å². The van der Waals surface area contributed by atoms with Crippen LogP contribution in [0.15, 0.2) is 12.1 Å². The van der Waals surface area contributed by atoms with Crippen LogP contribution in [0.3, 0.4) is 0 Å². The van der Waals surface area contributed by atoms with E-state index in [4.69, 9.17) is 4.74 Å². The lowest BCUT2D eigenvalue weighted by molar-refractivity contribution is 0.0865. The van der Waals surface area contributed by atoms with E-state index in [0.29, 0.717) is 18.9 Å². The average Bonchev–Trinajstić information content (AvgIpc) is 2.56. The fourth-order valence-electron chi connectivity index (χ4n) is 3.10. The van der Waals surface area contributed by atoms with Gasteiger partial charge in [0, 0.05) is 5.92 Å². The van der Waals surface area contributed by atoms with Crippen LogP contribution in [-0.2, 0) is 0 Å². The Morgan fingerprint density at radius 2 is 1.82 bits per heavy atom. The van der Waals surface area contributed by atoms with Gasteiger partial charge in [0.05, 0.1) is 12.2 Å². The summed E-state index contributed by atoms with van der Waals surface area (Å²) in [6.07, 6.45) is 5.36. The maximum atomic E-state index is 14.2. The molecule has 0 atom stereocenters. The number of ketones is 1. The molecular weight excluding hydrogens is 286 g/mol. The fourth-order valence-corrected chi connectivity index (χ4v) is 3.10. The number of Topliss-reactive ketones (excluding diaryl/α,β-unsaturated/α-hetero) is 1. The molecule has 1 aliphatic rings. The number of hydrogen-bond donors (Lipinski definition) is 0. The van der Waals surface area contributed by atoms with Crippen LogP contribution in [0.5, 0.6) is 5.75 Å². The zero-order valence-electron chi connectivity index (χ0n) is 13.3. The molecule has 0 heterocycles. The molecule has 1 aromatic carbocycles. The number of carbonyl (C=O) groups is 1. The van der Waals surface area contributed by atoms with Gasteiger partial charge in [-0.3, -0.25) is 4.79 Å². The molecule has 1 fully saturated rings. The van der Waals surface area contributed by atoms with Crippen molar-refractivity contribution >= 4 is 5.78 Å². The molecule has 2 rings (SSSR count). The Balaban J connectivity index is 2.12. The van der Waals surface area contributed by atoms with Crippen LogP contribution in [0.25, 0.3) is 0 Å². The summed E-state index contributed by atoms with van der Waals surface area (Å²) in [5, 5.41) is 0. The number of benzene rings is 1. The minimum absolute atomic E-state index is 0.120. The van der Waals surface area contributed by atoms with Gasteiger partial charge in [0.1, 0.15) is 0 Å². The molecule has 0 saturated heterocycles. The minimum Gasteiger partial charge on any atom is -0.490 e. The Morgan fingerprint density at radius 1 is 1.14 bits per heavy atom. The molecule has 0 unspecified atom stereocenters. The van der Waals surface area contributed by atoms with Crippen molar-refractivity contribution in [2.24, 2.45) is 11.8 Å².